The van der Waals surface area contributed by atoms with E-state index in [4.69, 9.17) is 5.11 Å². The summed E-state index contributed by atoms with van der Waals surface area (Å²) >= 11 is 0. The third-order valence-corrected chi connectivity index (χ3v) is 1.09. The molecule has 13 heavy (non-hydrogen) atoms. The van der Waals surface area contributed by atoms with E-state index in [0.29, 0.717) is 0 Å². The van der Waals surface area contributed by atoms with Gasteiger partial charge in [0.1, 0.15) is 6.54 Å². The fraction of sp³-hybridized carbons (Fsp3) is 0.500. The van der Waals surface area contributed by atoms with Gasteiger partial charge in [-0.3, -0.25) is 9.59 Å². The summed E-state index contributed by atoms with van der Waals surface area (Å²) in [6.45, 7) is -0.651. The number of carboxylic acids is 1. The number of rotatable bonds is 4. The number of likely N-dealkylation sites (N-methyl/N-ethyl adjacent to an activating group) is 1. The van der Waals surface area contributed by atoms with E-state index in [0.717, 1.165) is 0 Å². The minimum Gasteiger partial charge on any atom is -0.480 e. The molecule has 0 aliphatic rings. The first kappa shape index (κ1) is 11.2. The van der Waals surface area contributed by atoms with Crippen LogP contribution in [0, 0.1) is 0 Å². The summed E-state index contributed by atoms with van der Waals surface area (Å²) < 4.78 is 0. The molecule has 0 saturated carbocycles. The molecule has 0 bridgehead atoms. The second-order valence-corrected chi connectivity index (χ2v) is 2.10. The number of carbonyl (C=O) groups excluding carboxylic acids is 2. The third kappa shape index (κ3) is 6.60. The highest BCUT2D eigenvalue weighted by molar-refractivity contribution is 5.85. The second kappa shape index (κ2) is 5.81. The zero-order valence-corrected chi connectivity index (χ0v) is 7.09. The molecule has 0 aliphatic carbocycles. The van der Waals surface area contributed by atoms with Gasteiger partial charge in [-0.05, 0) is 0 Å². The van der Waals surface area contributed by atoms with Gasteiger partial charge in [-0.2, -0.15) is 0 Å². The molecule has 4 N–H and O–H groups in total. The van der Waals surface area contributed by atoms with E-state index >= 15 is 0 Å². The van der Waals surface area contributed by atoms with Gasteiger partial charge in [0.15, 0.2) is 0 Å². The highest BCUT2D eigenvalue weighted by atomic mass is 16.4. The van der Waals surface area contributed by atoms with Crippen LogP contribution in [-0.2, 0) is 9.59 Å². The maximum atomic E-state index is 10.7. The predicted octanol–water partition coefficient (Wildman–Crippen LogP) is -1.88. The number of hydrogen-bond acceptors (Lipinski definition) is 3. The lowest BCUT2D eigenvalue weighted by Gasteiger charge is -2.03. The predicted molar refractivity (Wildman–Crippen MR) is 43.1 cm³/mol. The Morgan fingerprint density at radius 2 is 1.69 bits per heavy atom. The van der Waals surface area contributed by atoms with E-state index in [1.54, 1.807) is 0 Å². The largest absolute Gasteiger partial charge is 0.480 e. The fourth-order valence-electron chi connectivity index (χ4n) is 0.467. The maximum Gasteiger partial charge on any atom is 0.323 e. The van der Waals surface area contributed by atoms with Gasteiger partial charge in [0.2, 0.25) is 5.91 Å². The molecule has 0 rings (SSSR count). The van der Waals surface area contributed by atoms with Crippen molar-refractivity contribution in [3.63, 3.8) is 0 Å². The van der Waals surface area contributed by atoms with Crippen molar-refractivity contribution in [2.75, 3.05) is 20.1 Å². The van der Waals surface area contributed by atoms with Crippen molar-refractivity contribution in [2.24, 2.45) is 0 Å². The average Bonchev–Trinajstić information content (AvgIpc) is 2.10. The van der Waals surface area contributed by atoms with Crippen molar-refractivity contribution in [1.82, 2.24) is 16.0 Å². The first-order valence-corrected chi connectivity index (χ1v) is 3.50. The van der Waals surface area contributed by atoms with Crippen LogP contribution in [0.1, 0.15) is 0 Å². The lowest BCUT2D eigenvalue weighted by Crippen LogP contribution is -2.42. The fourth-order valence-corrected chi connectivity index (χ4v) is 0.467. The van der Waals surface area contributed by atoms with Crippen LogP contribution in [0.5, 0.6) is 0 Å². The van der Waals surface area contributed by atoms with Crippen molar-refractivity contribution in [1.29, 1.82) is 0 Å². The van der Waals surface area contributed by atoms with Gasteiger partial charge in [0, 0.05) is 7.05 Å². The highest BCUT2D eigenvalue weighted by Gasteiger charge is 2.04. The van der Waals surface area contributed by atoms with E-state index in [1.807, 2.05) is 5.32 Å². The Morgan fingerprint density at radius 1 is 1.15 bits per heavy atom. The molecule has 0 saturated heterocycles. The number of aliphatic carboxylic acids is 1. The summed E-state index contributed by atoms with van der Waals surface area (Å²) in [6, 6.07) is -0.689. The average molecular weight is 189 g/mol. The topological polar surface area (TPSA) is 108 Å². The summed E-state index contributed by atoms with van der Waals surface area (Å²) in [5.74, 6) is -1.50. The van der Waals surface area contributed by atoms with Crippen LogP contribution in [0.4, 0.5) is 4.79 Å². The lowest BCUT2D eigenvalue weighted by molar-refractivity contribution is -0.135. The van der Waals surface area contributed by atoms with Crippen molar-refractivity contribution in [3.8, 4) is 0 Å². The minimum atomic E-state index is -1.14. The van der Waals surface area contributed by atoms with Gasteiger partial charge in [-0.15, -0.1) is 0 Å². The van der Waals surface area contributed by atoms with Gasteiger partial charge < -0.3 is 21.1 Å². The van der Waals surface area contributed by atoms with Crippen molar-refractivity contribution in [3.05, 3.63) is 0 Å². The molecule has 7 nitrogen and oxygen atoms in total. The van der Waals surface area contributed by atoms with E-state index in [9.17, 15) is 14.4 Å². The summed E-state index contributed by atoms with van der Waals surface area (Å²) in [4.78, 5) is 31.3. The van der Waals surface area contributed by atoms with Gasteiger partial charge in [0.25, 0.3) is 0 Å². The van der Waals surface area contributed by atoms with E-state index < -0.39 is 18.5 Å². The van der Waals surface area contributed by atoms with E-state index in [-0.39, 0.29) is 12.5 Å². The van der Waals surface area contributed by atoms with Gasteiger partial charge in [-0.1, -0.05) is 0 Å². The zero-order valence-electron chi connectivity index (χ0n) is 7.09. The molecule has 0 atom stereocenters. The van der Waals surface area contributed by atoms with Crippen LogP contribution in [-0.4, -0.2) is 43.2 Å². The van der Waals surface area contributed by atoms with Gasteiger partial charge in [0.05, 0.1) is 6.54 Å². The molecule has 0 unspecified atom stereocenters. The molecule has 0 radical (unpaired) electrons. The van der Waals surface area contributed by atoms with Crippen LogP contribution >= 0.6 is 0 Å². The maximum absolute atomic E-state index is 10.7. The third-order valence-electron chi connectivity index (χ3n) is 1.09. The summed E-state index contributed by atoms with van der Waals surface area (Å²) in [6.07, 6.45) is 0. The Labute approximate surface area is 74.5 Å². The summed E-state index contributed by atoms with van der Waals surface area (Å²) in [5, 5.41) is 14.6. The van der Waals surface area contributed by atoms with Crippen molar-refractivity contribution >= 4 is 17.9 Å². The SMILES string of the molecule is CNC(=O)CNC(=O)NCC(=O)O. The molecule has 0 aromatic rings. The molecule has 0 aromatic carbocycles. The van der Waals surface area contributed by atoms with Gasteiger partial charge >= 0.3 is 12.0 Å². The Hall–Kier alpha value is -1.79. The van der Waals surface area contributed by atoms with Gasteiger partial charge in [-0.25, -0.2) is 4.79 Å². The number of nitrogens with one attached hydrogen (secondary N) is 3. The standard InChI is InChI=1S/C6H11N3O4/c1-7-4(10)2-8-6(13)9-3-5(11)12/h2-3H2,1H3,(H,7,10)(H,11,12)(H2,8,9,13). The Balaban J connectivity index is 3.52. The molecule has 0 fully saturated rings. The molecule has 3 amide bonds. The number of urea groups is 1. The van der Waals surface area contributed by atoms with Crippen LogP contribution < -0.4 is 16.0 Å². The highest BCUT2D eigenvalue weighted by Crippen LogP contribution is 1.66. The zero-order chi connectivity index (χ0) is 10.3. The van der Waals surface area contributed by atoms with Crippen LogP contribution in [0.15, 0.2) is 0 Å². The molecule has 74 valence electrons. The normalized spacial score (nSPS) is 8.69. The molecule has 0 spiro atoms. The molecular weight excluding hydrogens is 178 g/mol. The quantitative estimate of drug-likeness (QED) is 0.415. The van der Waals surface area contributed by atoms with Crippen LogP contribution in [0.25, 0.3) is 0 Å². The first-order valence-electron chi connectivity index (χ1n) is 3.50. The Kier molecular flexibility index (Phi) is 5.01. The molecule has 0 aromatic heterocycles. The Bertz CT molecular complexity index is 216. The number of carboxylic acid groups (broad SMARTS) is 1. The second-order valence-electron chi connectivity index (χ2n) is 2.10. The number of carbonyl (C=O) groups is 3. The number of amides is 3. The number of hydrogen-bond donors (Lipinski definition) is 4. The molecule has 0 aliphatic heterocycles. The van der Waals surface area contributed by atoms with E-state index in [2.05, 4.69) is 10.6 Å². The summed E-state index contributed by atoms with van der Waals surface area (Å²) in [7, 11) is 1.43. The van der Waals surface area contributed by atoms with Crippen molar-refractivity contribution < 1.29 is 19.5 Å². The Morgan fingerprint density at radius 3 is 2.15 bits per heavy atom. The summed E-state index contributed by atoms with van der Waals surface area (Å²) in [5.41, 5.74) is 0. The smallest absolute Gasteiger partial charge is 0.323 e. The first-order chi connectivity index (χ1) is 6.06. The van der Waals surface area contributed by atoms with E-state index in [1.165, 1.54) is 7.05 Å². The van der Waals surface area contributed by atoms with Crippen LogP contribution in [0.2, 0.25) is 0 Å². The minimum absolute atomic E-state index is 0.179. The lowest BCUT2D eigenvalue weighted by atomic mass is 10.6. The monoisotopic (exact) mass is 189 g/mol. The molecule has 0 heterocycles. The molecular formula is C6H11N3O4. The van der Waals surface area contributed by atoms with Crippen LogP contribution in [0.3, 0.4) is 0 Å². The van der Waals surface area contributed by atoms with Crippen molar-refractivity contribution in [2.45, 2.75) is 0 Å². The molecule has 7 heteroatoms.